The fourth-order valence-corrected chi connectivity index (χ4v) is 2.00. The quantitative estimate of drug-likeness (QED) is 0.828. The highest BCUT2D eigenvalue weighted by atomic mass is 19.4. The van der Waals surface area contributed by atoms with E-state index in [1.807, 2.05) is 0 Å². The monoisotopic (exact) mass is 380 g/mol. The number of carbonyl (C=O) groups excluding carboxylic acids is 1. The van der Waals surface area contributed by atoms with Crippen LogP contribution in [0.15, 0.2) is 47.4 Å². The van der Waals surface area contributed by atoms with Crippen molar-refractivity contribution in [3.05, 3.63) is 58.5 Å². The van der Waals surface area contributed by atoms with Crippen LogP contribution in [0.3, 0.4) is 0 Å². The number of carbonyl (C=O) groups is 1. The Balaban J connectivity index is 2.13. The second-order valence-electron chi connectivity index (χ2n) is 4.98. The third-order valence-electron chi connectivity index (χ3n) is 2.99. The van der Waals surface area contributed by atoms with E-state index in [4.69, 9.17) is 0 Å². The Kier molecular flexibility index (Phi) is 5.28. The van der Waals surface area contributed by atoms with Gasteiger partial charge in [0.1, 0.15) is 17.9 Å². The number of ether oxygens (including phenoxy) is 1. The number of benzene rings is 1. The standard InChI is InChI=1S/C15H10F6N2O3/c16-14(17,18)11-5-2-6-23(13(11)25)8-12(24)22-9-3-1-4-10(7-9)26-15(19,20)21/h1-7H,8H2,(H,22,24). The van der Waals surface area contributed by atoms with Crippen molar-refractivity contribution in [2.75, 3.05) is 5.32 Å². The first kappa shape index (κ1) is 19.3. The van der Waals surface area contributed by atoms with E-state index in [1.165, 1.54) is 12.1 Å². The summed E-state index contributed by atoms with van der Waals surface area (Å²) in [7, 11) is 0. The zero-order valence-electron chi connectivity index (χ0n) is 12.7. The molecule has 0 bridgehead atoms. The van der Waals surface area contributed by atoms with E-state index in [0.29, 0.717) is 10.6 Å². The minimum Gasteiger partial charge on any atom is -0.406 e. The van der Waals surface area contributed by atoms with E-state index < -0.39 is 41.9 Å². The number of rotatable bonds is 4. The molecule has 1 aromatic carbocycles. The summed E-state index contributed by atoms with van der Waals surface area (Å²) >= 11 is 0. The van der Waals surface area contributed by atoms with E-state index in [9.17, 15) is 35.9 Å². The Morgan fingerprint density at radius 1 is 1.08 bits per heavy atom. The molecule has 2 rings (SSSR count). The molecule has 0 aliphatic carbocycles. The molecule has 5 nitrogen and oxygen atoms in total. The molecule has 0 fully saturated rings. The van der Waals surface area contributed by atoms with Gasteiger partial charge in [-0.2, -0.15) is 13.2 Å². The van der Waals surface area contributed by atoms with Crippen molar-refractivity contribution in [1.29, 1.82) is 0 Å². The average Bonchev–Trinajstić information content (AvgIpc) is 2.46. The molecule has 0 atom stereocenters. The van der Waals surface area contributed by atoms with Crippen molar-refractivity contribution >= 4 is 11.6 Å². The number of halogens is 6. The summed E-state index contributed by atoms with van der Waals surface area (Å²) in [6.45, 7) is -0.757. The summed E-state index contributed by atoms with van der Waals surface area (Å²) in [6, 6.07) is 5.83. The van der Waals surface area contributed by atoms with Crippen LogP contribution >= 0.6 is 0 Å². The average molecular weight is 380 g/mol. The van der Waals surface area contributed by atoms with Crippen molar-refractivity contribution in [2.45, 2.75) is 19.1 Å². The molecule has 0 saturated heterocycles. The molecule has 140 valence electrons. The zero-order chi connectivity index (χ0) is 19.5. The van der Waals surface area contributed by atoms with E-state index in [0.717, 1.165) is 24.4 Å². The predicted octanol–water partition coefficient (Wildman–Crippen LogP) is 3.40. The summed E-state index contributed by atoms with van der Waals surface area (Å²) in [5, 5.41) is 2.17. The molecule has 1 N–H and O–H groups in total. The van der Waals surface area contributed by atoms with Crippen LogP contribution in [0.4, 0.5) is 32.0 Å². The highest BCUT2D eigenvalue weighted by Crippen LogP contribution is 2.26. The van der Waals surface area contributed by atoms with Crippen molar-refractivity contribution in [3.63, 3.8) is 0 Å². The van der Waals surface area contributed by atoms with Gasteiger partial charge >= 0.3 is 12.5 Å². The number of anilines is 1. The second-order valence-corrected chi connectivity index (χ2v) is 4.98. The minimum atomic E-state index is -4.92. The predicted molar refractivity (Wildman–Crippen MR) is 77.5 cm³/mol. The van der Waals surface area contributed by atoms with Gasteiger partial charge in [0.2, 0.25) is 5.91 Å². The van der Waals surface area contributed by atoms with Gasteiger partial charge in [-0.1, -0.05) is 6.07 Å². The number of alkyl halides is 6. The molecule has 1 heterocycles. The molecule has 26 heavy (non-hydrogen) atoms. The molecule has 11 heteroatoms. The van der Waals surface area contributed by atoms with Crippen molar-refractivity contribution < 1.29 is 35.9 Å². The Morgan fingerprint density at radius 2 is 1.77 bits per heavy atom. The van der Waals surface area contributed by atoms with Gasteiger partial charge in [-0.25, -0.2) is 0 Å². The Labute approximate surface area is 141 Å². The van der Waals surface area contributed by atoms with Crippen LogP contribution in [-0.2, 0) is 17.5 Å². The van der Waals surface area contributed by atoms with Gasteiger partial charge in [0, 0.05) is 18.0 Å². The van der Waals surface area contributed by atoms with E-state index in [-0.39, 0.29) is 5.69 Å². The van der Waals surface area contributed by atoms with E-state index >= 15 is 0 Å². The lowest BCUT2D eigenvalue weighted by Gasteiger charge is -2.12. The normalized spacial score (nSPS) is 11.9. The summed E-state index contributed by atoms with van der Waals surface area (Å²) in [5.74, 6) is -1.50. The SMILES string of the molecule is O=C(Cn1cccc(C(F)(F)F)c1=O)Nc1cccc(OC(F)(F)F)c1. The van der Waals surface area contributed by atoms with Gasteiger partial charge in [-0.3, -0.25) is 9.59 Å². The smallest absolute Gasteiger partial charge is 0.406 e. The van der Waals surface area contributed by atoms with E-state index in [1.54, 1.807) is 0 Å². The molecular weight excluding hydrogens is 370 g/mol. The van der Waals surface area contributed by atoms with Crippen LogP contribution in [0.2, 0.25) is 0 Å². The third-order valence-corrected chi connectivity index (χ3v) is 2.99. The Morgan fingerprint density at radius 3 is 2.38 bits per heavy atom. The molecule has 0 spiro atoms. The maximum absolute atomic E-state index is 12.7. The highest BCUT2D eigenvalue weighted by Gasteiger charge is 2.34. The first-order valence-corrected chi connectivity index (χ1v) is 6.88. The van der Waals surface area contributed by atoms with Crippen molar-refractivity contribution in [2.24, 2.45) is 0 Å². The molecule has 1 aromatic heterocycles. The number of nitrogens with zero attached hydrogens (tertiary/aromatic N) is 1. The number of nitrogens with one attached hydrogen (secondary N) is 1. The first-order chi connectivity index (χ1) is 12.0. The molecule has 0 saturated carbocycles. The number of hydrogen-bond acceptors (Lipinski definition) is 3. The summed E-state index contributed by atoms with van der Waals surface area (Å²) < 4.78 is 78.7. The fourth-order valence-electron chi connectivity index (χ4n) is 2.00. The number of hydrogen-bond donors (Lipinski definition) is 1. The van der Waals surface area contributed by atoms with Crippen LogP contribution in [0.1, 0.15) is 5.56 Å². The molecule has 0 aliphatic rings. The third kappa shape index (κ3) is 5.26. The lowest BCUT2D eigenvalue weighted by Crippen LogP contribution is -2.31. The van der Waals surface area contributed by atoms with E-state index in [2.05, 4.69) is 10.1 Å². The van der Waals surface area contributed by atoms with Crippen LogP contribution in [0.25, 0.3) is 0 Å². The molecular formula is C15H10F6N2O3. The second kappa shape index (κ2) is 7.10. The molecule has 0 unspecified atom stereocenters. The Hall–Kier alpha value is -2.98. The van der Waals surface area contributed by atoms with Gasteiger partial charge in [-0.15, -0.1) is 13.2 Å². The summed E-state index contributed by atoms with van der Waals surface area (Å²) in [6.07, 6.45) is -8.81. The van der Waals surface area contributed by atoms with Crippen LogP contribution < -0.4 is 15.6 Å². The number of amides is 1. The number of aromatic nitrogens is 1. The maximum atomic E-state index is 12.7. The summed E-state index contributed by atoms with van der Waals surface area (Å²) in [5.41, 5.74) is -2.94. The van der Waals surface area contributed by atoms with Crippen LogP contribution in [0.5, 0.6) is 5.75 Å². The van der Waals surface area contributed by atoms with Gasteiger partial charge in [0.15, 0.2) is 0 Å². The van der Waals surface area contributed by atoms with Crippen LogP contribution in [0, 0.1) is 0 Å². The molecule has 1 amide bonds. The van der Waals surface area contributed by atoms with Gasteiger partial charge in [0.05, 0.1) is 0 Å². The lowest BCUT2D eigenvalue weighted by atomic mass is 10.2. The fraction of sp³-hybridized carbons (Fsp3) is 0.200. The Bertz CT molecular complexity index is 857. The highest BCUT2D eigenvalue weighted by molar-refractivity contribution is 5.90. The molecule has 0 aliphatic heterocycles. The topological polar surface area (TPSA) is 60.3 Å². The maximum Gasteiger partial charge on any atom is 0.573 e. The summed E-state index contributed by atoms with van der Waals surface area (Å²) in [4.78, 5) is 23.6. The van der Waals surface area contributed by atoms with Crippen molar-refractivity contribution in [3.8, 4) is 5.75 Å². The molecule has 2 aromatic rings. The lowest BCUT2D eigenvalue weighted by molar-refractivity contribution is -0.274. The number of pyridine rings is 1. The van der Waals surface area contributed by atoms with Crippen LogP contribution in [-0.4, -0.2) is 16.8 Å². The largest absolute Gasteiger partial charge is 0.573 e. The zero-order valence-corrected chi connectivity index (χ0v) is 12.7. The van der Waals surface area contributed by atoms with Gasteiger partial charge < -0.3 is 14.6 Å². The van der Waals surface area contributed by atoms with Crippen molar-refractivity contribution in [1.82, 2.24) is 4.57 Å². The van der Waals surface area contributed by atoms with Gasteiger partial charge in [0.25, 0.3) is 5.56 Å². The van der Waals surface area contributed by atoms with Gasteiger partial charge in [-0.05, 0) is 24.3 Å². The molecule has 0 radical (unpaired) electrons. The minimum absolute atomic E-state index is 0.0863. The first-order valence-electron chi connectivity index (χ1n) is 6.88.